The van der Waals surface area contributed by atoms with Crippen molar-refractivity contribution < 1.29 is 27.0 Å². The van der Waals surface area contributed by atoms with Gasteiger partial charge < -0.3 is 10.1 Å². The summed E-state index contributed by atoms with van der Waals surface area (Å²) < 4.78 is 0. The zero-order valence-electron chi connectivity index (χ0n) is 4.99. The Labute approximate surface area is 69.6 Å². The number of hydrogen-bond donors (Lipinski definition) is 1. The fourth-order valence-corrected chi connectivity index (χ4v) is 0.277. The molecule has 1 aromatic rings. The van der Waals surface area contributed by atoms with Crippen molar-refractivity contribution in [1.29, 1.82) is 0 Å². The summed E-state index contributed by atoms with van der Waals surface area (Å²) in [7, 11) is 0. The first-order valence-electron chi connectivity index (χ1n) is 2.25. The van der Waals surface area contributed by atoms with Crippen molar-refractivity contribution in [3.8, 4) is 0 Å². The van der Waals surface area contributed by atoms with Gasteiger partial charge in [0.2, 0.25) is 0 Å². The van der Waals surface area contributed by atoms with Crippen LogP contribution in [0.15, 0.2) is 24.5 Å². The van der Waals surface area contributed by atoms with Crippen molar-refractivity contribution in [2.75, 3.05) is 0 Å². The fraction of sp³-hybridized carbons (Fsp3) is 0. The molecule has 0 saturated carbocycles. The molecule has 0 bridgehead atoms. The number of nitrogens with zero attached hydrogens (tertiary/aromatic N) is 1. The van der Waals surface area contributed by atoms with Crippen LogP contribution in [0.5, 0.6) is 0 Å². The van der Waals surface area contributed by atoms with Crippen molar-refractivity contribution in [2.24, 2.45) is 0 Å². The Hall–Kier alpha value is -0.861. The maximum atomic E-state index is 8.36. The number of aromatic nitrogens is 1. The SMILES string of the molecule is O=CO.[Cu+].[c-]1cccnc1. The van der Waals surface area contributed by atoms with Gasteiger partial charge in [0.15, 0.2) is 0 Å². The van der Waals surface area contributed by atoms with Crippen molar-refractivity contribution in [2.45, 2.75) is 0 Å². The molecule has 0 fully saturated rings. The first kappa shape index (κ1) is 11.9. The number of hydrogen-bond acceptors (Lipinski definition) is 2. The molecule has 0 radical (unpaired) electrons. The number of rotatable bonds is 0. The summed E-state index contributed by atoms with van der Waals surface area (Å²) in [5.74, 6) is 0. The van der Waals surface area contributed by atoms with E-state index in [-0.39, 0.29) is 23.5 Å². The van der Waals surface area contributed by atoms with E-state index in [4.69, 9.17) is 9.90 Å². The smallest absolute Gasteiger partial charge is 0.483 e. The van der Waals surface area contributed by atoms with Crippen LogP contribution in [-0.4, -0.2) is 16.6 Å². The maximum Gasteiger partial charge on any atom is 1.00 e. The van der Waals surface area contributed by atoms with Gasteiger partial charge >= 0.3 is 17.1 Å². The van der Waals surface area contributed by atoms with Gasteiger partial charge in [0.25, 0.3) is 6.47 Å². The van der Waals surface area contributed by atoms with Crippen LogP contribution in [0.2, 0.25) is 0 Å². The molecule has 0 saturated heterocycles. The third kappa shape index (κ3) is 10.2. The Morgan fingerprint density at radius 1 is 1.60 bits per heavy atom. The van der Waals surface area contributed by atoms with E-state index in [2.05, 4.69) is 11.1 Å². The van der Waals surface area contributed by atoms with E-state index in [1.54, 1.807) is 12.4 Å². The van der Waals surface area contributed by atoms with Gasteiger partial charge in [0.05, 0.1) is 0 Å². The summed E-state index contributed by atoms with van der Waals surface area (Å²) in [6.07, 6.45) is 3.34. The molecule has 58 valence electrons. The Balaban J connectivity index is 0. The van der Waals surface area contributed by atoms with Gasteiger partial charge in [0.1, 0.15) is 0 Å². The van der Waals surface area contributed by atoms with Gasteiger partial charge in [-0.2, -0.15) is 6.07 Å². The van der Waals surface area contributed by atoms with E-state index in [1.807, 2.05) is 12.1 Å². The summed E-state index contributed by atoms with van der Waals surface area (Å²) in [6.45, 7) is -0.250. The second-order valence-electron chi connectivity index (χ2n) is 1.06. The van der Waals surface area contributed by atoms with E-state index < -0.39 is 0 Å². The average Bonchev–Trinajstić information content (AvgIpc) is 1.93. The van der Waals surface area contributed by atoms with Crippen LogP contribution in [-0.2, 0) is 21.9 Å². The maximum absolute atomic E-state index is 8.36. The normalized spacial score (nSPS) is 6.00. The molecule has 3 nitrogen and oxygen atoms in total. The summed E-state index contributed by atoms with van der Waals surface area (Å²) in [4.78, 5) is 12.1. The molecular formula is C6H6CuNO2. The zero-order valence-corrected chi connectivity index (χ0v) is 5.93. The van der Waals surface area contributed by atoms with Crippen LogP contribution in [0.4, 0.5) is 0 Å². The minimum atomic E-state index is -0.250. The molecule has 0 unspecified atom stereocenters. The number of pyridine rings is 1. The van der Waals surface area contributed by atoms with Gasteiger partial charge in [0, 0.05) is 0 Å². The topological polar surface area (TPSA) is 50.2 Å². The van der Waals surface area contributed by atoms with E-state index >= 15 is 0 Å². The molecule has 0 spiro atoms. The minimum absolute atomic E-state index is 0. The molecule has 1 rings (SSSR count). The monoisotopic (exact) mass is 187 g/mol. The van der Waals surface area contributed by atoms with Crippen molar-refractivity contribution in [3.05, 3.63) is 30.6 Å². The summed E-state index contributed by atoms with van der Waals surface area (Å²) in [5, 5.41) is 6.89. The first-order chi connectivity index (χ1) is 4.41. The zero-order chi connectivity index (χ0) is 6.95. The van der Waals surface area contributed by atoms with Crippen LogP contribution < -0.4 is 0 Å². The summed E-state index contributed by atoms with van der Waals surface area (Å²) >= 11 is 0. The molecule has 0 atom stereocenters. The van der Waals surface area contributed by atoms with Gasteiger partial charge in [-0.25, -0.2) is 12.1 Å². The van der Waals surface area contributed by atoms with E-state index in [1.165, 1.54) is 0 Å². The number of carboxylic acid groups (broad SMARTS) is 1. The molecule has 4 heteroatoms. The summed E-state index contributed by atoms with van der Waals surface area (Å²) in [5.41, 5.74) is 0. The largest absolute Gasteiger partial charge is 1.00 e. The van der Waals surface area contributed by atoms with Gasteiger partial charge in [-0.05, 0) is 0 Å². The van der Waals surface area contributed by atoms with Gasteiger partial charge in [-0.1, -0.05) is 12.4 Å². The van der Waals surface area contributed by atoms with Crippen LogP contribution >= 0.6 is 0 Å². The van der Waals surface area contributed by atoms with E-state index in [0.717, 1.165) is 0 Å². The first-order valence-corrected chi connectivity index (χ1v) is 2.25. The molecule has 0 aliphatic rings. The van der Waals surface area contributed by atoms with Crippen LogP contribution in [0.3, 0.4) is 0 Å². The third-order valence-electron chi connectivity index (χ3n) is 0.514. The van der Waals surface area contributed by atoms with Crippen LogP contribution in [0.25, 0.3) is 0 Å². The molecule has 0 aliphatic heterocycles. The average molecular weight is 188 g/mol. The second-order valence-corrected chi connectivity index (χ2v) is 1.06. The Morgan fingerprint density at radius 2 is 2.20 bits per heavy atom. The van der Waals surface area contributed by atoms with Crippen molar-refractivity contribution >= 4 is 6.47 Å². The summed E-state index contributed by atoms with van der Waals surface area (Å²) in [6, 6.07) is 6.43. The van der Waals surface area contributed by atoms with Crippen LogP contribution in [0.1, 0.15) is 0 Å². The Kier molecular flexibility index (Phi) is 13.1. The van der Waals surface area contributed by atoms with E-state index in [9.17, 15) is 0 Å². The van der Waals surface area contributed by atoms with Crippen LogP contribution in [0, 0.1) is 6.07 Å². The molecule has 0 amide bonds. The number of carbonyl (C=O) groups is 1. The van der Waals surface area contributed by atoms with Gasteiger partial charge in [-0.15, -0.1) is 0 Å². The van der Waals surface area contributed by atoms with E-state index in [0.29, 0.717) is 0 Å². The third-order valence-corrected chi connectivity index (χ3v) is 0.514. The van der Waals surface area contributed by atoms with Crippen molar-refractivity contribution in [1.82, 2.24) is 4.98 Å². The minimum Gasteiger partial charge on any atom is -0.483 e. The molecule has 1 heterocycles. The Bertz CT molecular complexity index is 119. The molecule has 0 aromatic carbocycles. The molecule has 1 N–H and O–H groups in total. The predicted molar refractivity (Wildman–Crippen MR) is 31.8 cm³/mol. The molecular weight excluding hydrogens is 182 g/mol. The van der Waals surface area contributed by atoms with Crippen molar-refractivity contribution in [3.63, 3.8) is 0 Å². The molecule has 10 heavy (non-hydrogen) atoms. The molecule has 1 aromatic heterocycles. The molecule has 0 aliphatic carbocycles. The fourth-order valence-electron chi connectivity index (χ4n) is 0.277. The predicted octanol–water partition coefficient (Wildman–Crippen LogP) is 0.580. The second kappa shape index (κ2) is 11.0. The Morgan fingerprint density at radius 3 is 2.30 bits per heavy atom. The van der Waals surface area contributed by atoms with Gasteiger partial charge in [-0.3, -0.25) is 4.79 Å². The standard InChI is InChI=1S/C5H4N.CH2O2.Cu/c1-2-4-6-5-3-1;2-1-3;/h1-2,4-5H;1H,(H,2,3);/q-1;;+1. The quantitative estimate of drug-likeness (QED) is 0.367.